The fourth-order valence-electron chi connectivity index (χ4n) is 2.64. The summed E-state index contributed by atoms with van der Waals surface area (Å²) in [6.45, 7) is 7.53. The average molecular weight is 384 g/mol. The third-order valence-corrected chi connectivity index (χ3v) is 4.75. The Morgan fingerprint density at radius 1 is 1.30 bits per heavy atom. The zero-order valence-electron chi connectivity index (χ0n) is 15.9. The molecule has 1 heterocycles. The van der Waals surface area contributed by atoms with Gasteiger partial charge in [-0.25, -0.2) is 5.84 Å². The average Bonchev–Trinajstić information content (AvgIpc) is 3.03. The Kier molecular flexibility index (Phi) is 7.10. The van der Waals surface area contributed by atoms with Gasteiger partial charge in [-0.15, -0.1) is 11.3 Å². The molecular formula is C21H25N3O2S. The number of allylic oxidation sites excluding steroid dienone is 2. The molecule has 0 atom stereocenters. The summed E-state index contributed by atoms with van der Waals surface area (Å²) in [5, 5.41) is 6.53. The van der Waals surface area contributed by atoms with Gasteiger partial charge in [0.2, 0.25) is 0 Å². The molecule has 5 nitrogen and oxygen atoms in total. The number of hydrogen-bond acceptors (Lipinski definition) is 5. The van der Waals surface area contributed by atoms with Crippen molar-refractivity contribution in [3.8, 4) is 11.1 Å². The molecule has 142 valence electrons. The molecule has 0 unspecified atom stereocenters. The highest BCUT2D eigenvalue weighted by Gasteiger charge is 2.22. The molecule has 6 heteroatoms. The van der Waals surface area contributed by atoms with E-state index in [2.05, 4.69) is 11.9 Å². The number of carbonyl (C=O) groups is 2. The van der Waals surface area contributed by atoms with Crippen LogP contribution < -0.4 is 11.2 Å². The quantitative estimate of drug-likeness (QED) is 0.230. The highest BCUT2D eigenvalue weighted by atomic mass is 32.1. The maximum absolute atomic E-state index is 12.8. The molecular weight excluding hydrogens is 358 g/mol. The summed E-state index contributed by atoms with van der Waals surface area (Å²) in [5.41, 5.74) is 3.31. The predicted octanol–water partition coefficient (Wildman–Crippen LogP) is 4.60. The van der Waals surface area contributed by atoms with Gasteiger partial charge < -0.3 is 10.3 Å². The molecule has 2 aromatic rings. The topological polar surface area (TPSA) is 75.4 Å². The fourth-order valence-corrected chi connectivity index (χ4v) is 3.62. The second kappa shape index (κ2) is 9.30. The summed E-state index contributed by atoms with van der Waals surface area (Å²) in [7, 11) is 1.58. The normalized spacial score (nSPS) is 11.2. The Hall–Kier alpha value is -2.70. The number of rotatable bonds is 8. The van der Waals surface area contributed by atoms with Gasteiger partial charge >= 0.3 is 0 Å². The summed E-state index contributed by atoms with van der Waals surface area (Å²) >= 11 is 1.34. The van der Waals surface area contributed by atoms with E-state index in [1.807, 2.05) is 42.6 Å². The largest absolute Gasteiger partial charge is 0.312 e. The molecule has 1 amide bonds. The lowest BCUT2D eigenvalue weighted by molar-refractivity contribution is -0.114. The van der Waals surface area contributed by atoms with Crippen LogP contribution >= 0.6 is 11.3 Å². The van der Waals surface area contributed by atoms with E-state index in [1.165, 1.54) is 16.3 Å². The van der Waals surface area contributed by atoms with Crippen LogP contribution in [0, 0.1) is 0 Å². The molecule has 2 rings (SSSR count). The second-order valence-corrected chi connectivity index (χ2v) is 7.21. The SMILES string of the molecule is C=C(C)/C=C(/C(=O)Nc1scc(-c2ccccc2)c1C(=O)CCC)N(C)N. The highest BCUT2D eigenvalue weighted by molar-refractivity contribution is 7.15. The van der Waals surface area contributed by atoms with Crippen LogP contribution in [0.2, 0.25) is 0 Å². The molecule has 3 N–H and O–H groups in total. The minimum atomic E-state index is -0.380. The number of carbonyl (C=O) groups excluding carboxylic acids is 2. The molecule has 27 heavy (non-hydrogen) atoms. The molecule has 1 aromatic heterocycles. The van der Waals surface area contributed by atoms with Gasteiger partial charge in [0.1, 0.15) is 10.7 Å². The number of hydrogen-bond donors (Lipinski definition) is 2. The Labute approximate surface area is 164 Å². The van der Waals surface area contributed by atoms with E-state index in [1.54, 1.807) is 20.0 Å². The molecule has 1 aromatic carbocycles. The third kappa shape index (κ3) is 5.15. The molecule has 0 spiro atoms. The van der Waals surface area contributed by atoms with Crippen molar-refractivity contribution in [2.45, 2.75) is 26.7 Å². The standard InChI is InChI=1S/C21H25N3O2S/c1-5-9-18(25)19-16(15-10-7-6-8-11-15)13-27-21(19)23-20(26)17(24(4)22)12-14(2)3/h6-8,10-13H,2,5,9,22H2,1,3-4H3,(H,23,26)/b17-12-. The predicted molar refractivity (Wildman–Crippen MR) is 112 cm³/mol. The number of nitrogens with zero attached hydrogens (tertiary/aromatic N) is 1. The summed E-state index contributed by atoms with van der Waals surface area (Å²) in [6.07, 6.45) is 2.77. The summed E-state index contributed by atoms with van der Waals surface area (Å²) in [6, 6.07) is 9.69. The lowest BCUT2D eigenvalue weighted by Gasteiger charge is -2.16. The first-order valence-electron chi connectivity index (χ1n) is 8.72. The Morgan fingerprint density at radius 3 is 2.52 bits per heavy atom. The van der Waals surface area contributed by atoms with Crippen LogP contribution in [0.15, 0.2) is 59.6 Å². The van der Waals surface area contributed by atoms with Crippen LogP contribution in [0.4, 0.5) is 5.00 Å². The van der Waals surface area contributed by atoms with Crippen LogP contribution in [-0.4, -0.2) is 23.7 Å². The molecule has 0 aliphatic rings. The third-order valence-electron chi connectivity index (χ3n) is 3.85. The molecule has 0 aliphatic carbocycles. The van der Waals surface area contributed by atoms with Gasteiger partial charge in [0.15, 0.2) is 5.78 Å². The van der Waals surface area contributed by atoms with Gasteiger partial charge in [-0.2, -0.15) is 0 Å². The van der Waals surface area contributed by atoms with E-state index in [0.717, 1.165) is 17.5 Å². The molecule has 0 radical (unpaired) electrons. The summed E-state index contributed by atoms with van der Waals surface area (Å²) < 4.78 is 0. The summed E-state index contributed by atoms with van der Waals surface area (Å²) in [5.74, 6) is 5.41. The first kappa shape index (κ1) is 20.6. The van der Waals surface area contributed by atoms with E-state index >= 15 is 0 Å². The van der Waals surface area contributed by atoms with E-state index in [0.29, 0.717) is 22.6 Å². The van der Waals surface area contributed by atoms with Gasteiger partial charge in [-0.1, -0.05) is 49.4 Å². The van der Waals surface area contributed by atoms with E-state index in [9.17, 15) is 9.59 Å². The first-order chi connectivity index (χ1) is 12.8. The highest BCUT2D eigenvalue weighted by Crippen LogP contribution is 2.37. The fraction of sp³-hybridized carbons (Fsp3) is 0.238. The van der Waals surface area contributed by atoms with Gasteiger partial charge in [0.25, 0.3) is 5.91 Å². The van der Waals surface area contributed by atoms with Crippen LogP contribution in [0.25, 0.3) is 11.1 Å². The first-order valence-corrected chi connectivity index (χ1v) is 9.60. The number of benzene rings is 1. The molecule has 0 bridgehead atoms. The van der Waals surface area contributed by atoms with Gasteiger partial charge in [-0.3, -0.25) is 9.59 Å². The molecule has 0 aliphatic heterocycles. The zero-order valence-corrected chi connectivity index (χ0v) is 16.7. The maximum Gasteiger partial charge on any atom is 0.273 e. The number of amides is 1. The van der Waals surface area contributed by atoms with Crippen molar-refractivity contribution >= 4 is 28.0 Å². The number of thiophene rings is 1. The Balaban J connectivity index is 2.45. The minimum absolute atomic E-state index is 0.0134. The van der Waals surface area contributed by atoms with Gasteiger partial charge in [-0.05, 0) is 25.0 Å². The van der Waals surface area contributed by atoms with Crippen molar-refractivity contribution in [1.29, 1.82) is 0 Å². The van der Waals surface area contributed by atoms with Gasteiger partial charge in [0.05, 0.1) is 5.56 Å². The number of Topliss-reactive ketones (excluding diaryl/α,β-unsaturated/α-hetero) is 1. The maximum atomic E-state index is 12.8. The number of anilines is 1. The zero-order chi connectivity index (χ0) is 20.0. The van der Waals surface area contributed by atoms with Crippen LogP contribution in [0.3, 0.4) is 0 Å². The Bertz CT molecular complexity index is 867. The van der Waals surface area contributed by atoms with Crippen LogP contribution in [-0.2, 0) is 4.79 Å². The van der Waals surface area contributed by atoms with Crippen molar-refractivity contribution in [1.82, 2.24) is 5.01 Å². The number of hydrazine groups is 1. The second-order valence-electron chi connectivity index (χ2n) is 6.33. The van der Waals surface area contributed by atoms with Crippen LogP contribution in [0.1, 0.15) is 37.0 Å². The summed E-state index contributed by atoms with van der Waals surface area (Å²) in [4.78, 5) is 25.5. The molecule has 0 fully saturated rings. The van der Waals surface area contributed by atoms with Crippen molar-refractivity contribution in [3.05, 3.63) is 65.2 Å². The lowest BCUT2D eigenvalue weighted by atomic mass is 9.99. The van der Waals surface area contributed by atoms with E-state index < -0.39 is 0 Å². The van der Waals surface area contributed by atoms with Gasteiger partial charge in [0, 0.05) is 24.4 Å². The van der Waals surface area contributed by atoms with E-state index in [-0.39, 0.29) is 17.4 Å². The van der Waals surface area contributed by atoms with Crippen molar-refractivity contribution in [2.75, 3.05) is 12.4 Å². The number of nitrogens with one attached hydrogen (secondary N) is 1. The van der Waals surface area contributed by atoms with Crippen molar-refractivity contribution < 1.29 is 9.59 Å². The smallest absolute Gasteiger partial charge is 0.273 e. The monoisotopic (exact) mass is 383 g/mol. The van der Waals surface area contributed by atoms with E-state index in [4.69, 9.17) is 5.84 Å². The number of ketones is 1. The van der Waals surface area contributed by atoms with Crippen molar-refractivity contribution in [3.63, 3.8) is 0 Å². The molecule has 0 saturated heterocycles. The van der Waals surface area contributed by atoms with Crippen LogP contribution in [0.5, 0.6) is 0 Å². The minimum Gasteiger partial charge on any atom is -0.312 e. The molecule has 0 saturated carbocycles. The number of likely N-dealkylation sites (N-methyl/N-ethyl adjacent to an activating group) is 1. The van der Waals surface area contributed by atoms with Crippen molar-refractivity contribution in [2.24, 2.45) is 5.84 Å². The Morgan fingerprint density at radius 2 is 1.96 bits per heavy atom. The lowest BCUT2D eigenvalue weighted by Crippen LogP contribution is -2.33. The number of nitrogens with two attached hydrogens (primary N) is 1.